The van der Waals surface area contributed by atoms with E-state index in [-0.39, 0.29) is 17.1 Å². The van der Waals surface area contributed by atoms with Crippen LogP contribution in [0, 0.1) is 16.7 Å². The van der Waals surface area contributed by atoms with Gasteiger partial charge in [-0.25, -0.2) is 0 Å². The second-order valence-corrected chi connectivity index (χ2v) is 5.18. The van der Waals surface area contributed by atoms with Crippen LogP contribution < -0.4 is 4.74 Å². The van der Waals surface area contributed by atoms with E-state index in [4.69, 9.17) is 10.00 Å². The number of hydrogen-bond acceptors (Lipinski definition) is 4. The van der Waals surface area contributed by atoms with Gasteiger partial charge in [0.1, 0.15) is 6.07 Å². The second-order valence-electron chi connectivity index (χ2n) is 5.18. The molecule has 1 aromatic rings. The van der Waals surface area contributed by atoms with Crippen LogP contribution in [-0.4, -0.2) is 18.0 Å². The Bertz CT molecular complexity index is 560. The smallest absolute Gasteiger partial charge is 0.178 e. The summed E-state index contributed by atoms with van der Waals surface area (Å²) < 4.78 is 4.98. The Hall–Kier alpha value is -2.28. The number of nitrogens with zero attached hydrogens (tertiary/aromatic N) is 1. The van der Waals surface area contributed by atoms with E-state index < -0.39 is 5.41 Å². The average molecular weight is 259 g/mol. The Morgan fingerprint density at radius 3 is 2.53 bits per heavy atom. The quantitative estimate of drug-likeness (QED) is 0.669. The standard InChI is InChI=1S/C15H17NO3/c1-15(2,3)14(18)11(9-16)7-10-5-6-12(17)13(8-10)19-4/h5-8,17H,1-4H3/b11-7-. The molecule has 1 aromatic carbocycles. The third-order valence-electron chi connectivity index (χ3n) is 2.56. The van der Waals surface area contributed by atoms with Crippen molar-refractivity contribution < 1.29 is 14.6 Å². The topological polar surface area (TPSA) is 70.3 Å². The zero-order valence-electron chi connectivity index (χ0n) is 11.5. The summed E-state index contributed by atoms with van der Waals surface area (Å²) in [5, 5.41) is 18.6. The molecular weight excluding hydrogens is 242 g/mol. The molecule has 4 nitrogen and oxygen atoms in total. The number of aromatic hydroxyl groups is 1. The fraction of sp³-hybridized carbons (Fsp3) is 0.333. The highest BCUT2D eigenvalue weighted by atomic mass is 16.5. The number of nitriles is 1. The first kappa shape index (κ1) is 14.8. The number of Topliss-reactive ketones (excluding diaryl/α,β-unsaturated/α-hetero) is 1. The van der Waals surface area contributed by atoms with Gasteiger partial charge >= 0.3 is 0 Å². The average Bonchev–Trinajstić information content (AvgIpc) is 2.35. The Kier molecular flexibility index (Phi) is 4.34. The van der Waals surface area contributed by atoms with Crippen molar-refractivity contribution in [3.8, 4) is 17.6 Å². The summed E-state index contributed by atoms with van der Waals surface area (Å²) in [6, 6.07) is 6.56. The van der Waals surface area contributed by atoms with Crippen molar-refractivity contribution in [2.24, 2.45) is 5.41 Å². The lowest BCUT2D eigenvalue weighted by molar-refractivity contribution is -0.121. The number of carbonyl (C=O) groups excluding carboxylic acids is 1. The Labute approximate surface area is 112 Å². The van der Waals surface area contributed by atoms with Crippen LogP contribution in [0.15, 0.2) is 23.8 Å². The maximum Gasteiger partial charge on any atom is 0.178 e. The molecular formula is C15H17NO3. The number of methoxy groups -OCH3 is 1. The highest BCUT2D eigenvalue weighted by molar-refractivity contribution is 6.06. The summed E-state index contributed by atoms with van der Waals surface area (Å²) in [7, 11) is 1.44. The van der Waals surface area contributed by atoms with Gasteiger partial charge in [-0.3, -0.25) is 4.79 Å². The zero-order valence-corrected chi connectivity index (χ0v) is 11.5. The first-order chi connectivity index (χ1) is 8.79. The molecule has 0 unspecified atom stereocenters. The Morgan fingerprint density at radius 2 is 2.05 bits per heavy atom. The summed E-state index contributed by atoms with van der Waals surface area (Å²) in [6.45, 7) is 5.29. The monoisotopic (exact) mass is 259 g/mol. The van der Waals surface area contributed by atoms with Gasteiger partial charge < -0.3 is 9.84 Å². The zero-order chi connectivity index (χ0) is 14.6. The number of allylic oxidation sites excluding steroid dienone is 1. The molecule has 0 saturated heterocycles. The Morgan fingerprint density at radius 1 is 1.42 bits per heavy atom. The molecule has 4 heteroatoms. The van der Waals surface area contributed by atoms with Crippen LogP contribution in [0.2, 0.25) is 0 Å². The fourth-order valence-electron chi connectivity index (χ4n) is 1.50. The number of rotatable bonds is 3. The van der Waals surface area contributed by atoms with Crippen molar-refractivity contribution in [2.75, 3.05) is 7.11 Å². The Balaban J connectivity index is 3.20. The molecule has 1 rings (SSSR count). The molecule has 0 aliphatic carbocycles. The highest BCUT2D eigenvalue weighted by Crippen LogP contribution is 2.28. The van der Waals surface area contributed by atoms with Crippen LogP contribution in [0.1, 0.15) is 26.3 Å². The number of phenols is 1. The van der Waals surface area contributed by atoms with Gasteiger partial charge in [0.05, 0.1) is 12.7 Å². The summed E-state index contributed by atoms with van der Waals surface area (Å²) >= 11 is 0. The summed E-state index contributed by atoms with van der Waals surface area (Å²) in [4.78, 5) is 12.1. The lowest BCUT2D eigenvalue weighted by atomic mass is 9.86. The summed E-state index contributed by atoms with van der Waals surface area (Å²) in [5.74, 6) is 0.0941. The van der Waals surface area contributed by atoms with Crippen molar-refractivity contribution in [3.63, 3.8) is 0 Å². The molecule has 100 valence electrons. The van der Waals surface area contributed by atoms with Crippen molar-refractivity contribution >= 4 is 11.9 Å². The van der Waals surface area contributed by atoms with E-state index in [2.05, 4.69) is 0 Å². The fourth-order valence-corrected chi connectivity index (χ4v) is 1.50. The van der Waals surface area contributed by atoms with Gasteiger partial charge in [0.25, 0.3) is 0 Å². The lowest BCUT2D eigenvalue weighted by Crippen LogP contribution is -2.21. The number of ketones is 1. The molecule has 0 aliphatic rings. The number of hydrogen-bond donors (Lipinski definition) is 1. The third-order valence-corrected chi connectivity index (χ3v) is 2.56. The molecule has 0 aromatic heterocycles. The molecule has 19 heavy (non-hydrogen) atoms. The molecule has 0 heterocycles. The largest absolute Gasteiger partial charge is 0.504 e. The van der Waals surface area contributed by atoms with Gasteiger partial charge in [0.15, 0.2) is 17.3 Å². The molecule has 0 fully saturated rings. The minimum Gasteiger partial charge on any atom is -0.504 e. The maximum atomic E-state index is 12.1. The molecule has 0 aliphatic heterocycles. The van der Waals surface area contributed by atoms with Crippen molar-refractivity contribution in [3.05, 3.63) is 29.3 Å². The first-order valence-corrected chi connectivity index (χ1v) is 5.83. The molecule has 1 N–H and O–H groups in total. The van der Waals surface area contributed by atoms with E-state index in [1.807, 2.05) is 6.07 Å². The van der Waals surface area contributed by atoms with E-state index in [1.54, 1.807) is 32.9 Å². The predicted molar refractivity (Wildman–Crippen MR) is 72.7 cm³/mol. The van der Waals surface area contributed by atoms with Crippen LogP contribution in [0.25, 0.3) is 6.08 Å². The van der Waals surface area contributed by atoms with Gasteiger partial charge in [-0.05, 0) is 23.8 Å². The van der Waals surface area contributed by atoms with E-state index in [9.17, 15) is 9.90 Å². The van der Waals surface area contributed by atoms with Gasteiger partial charge in [0, 0.05) is 5.41 Å². The maximum absolute atomic E-state index is 12.1. The first-order valence-electron chi connectivity index (χ1n) is 5.83. The molecule has 0 amide bonds. The van der Waals surface area contributed by atoms with Crippen LogP contribution in [0.4, 0.5) is 0 Å². The highest BCUT2D eigenvalue weighted by Gasteiger charge is 2.24. The SMILES string of the molecule is COc1cc(/C=C(/C#N)C(=O)C(C)(C)C)ccc1O. The molecule has 0 saturated carbocycles. The van der Waals surface area contributed by atoms with E-state index in [0.29, 0.717) is 11.3 Å². The van der Waals surface area contributed by atoms with Crippen molar-refractivity contribution in [2.45, 2.75) is 20.8 Å². The van der Waals surface area contributed by atoms with Gasteiger partial charge in [-0.1, -0.05) is 26.8 Å². The molecule has 0 atom stereocenters. The van der Waals surface area contributed by atoms with E-state index in [0.717, 1.165) is 0 Å². The minimum atomic E-state index is -0.609. The van der Waals surface area contributed by atoms with Crippen molar-refractivity contribution in [1.82, 2.24) is 0 Å². The van der Waals surface area contributed by atoms with E-state index >= 15 is 0 Å². The number of benzene rings is 1. The van der Waals surface area contributed by atoms with Gasteiger partial charge in [0.2, 0.25) is 0 Å². The van der Waals surface area contributed by atoms with Gasteiger partial charge in [-0.2, -0.15) is 5.26 Å². The van der Waals surface area contributed by atoms with Gasteiger partial charge in [-0.15, -0.1) is 0 Å². The molecule has 0 bridgehead atoms. The normalized spacial score (nSPS) is 11.8. The van der Waals surface area contributed by atoms with Crippen molar-refractivity contribution in [1.29, 1.82) is 5.26 Å². The third kappa shape index (κ3) is 3.59. The van der Waals surface area contributed by atoms with Crippen LogP contribution in [0.3, 0.4) is 0 Å². The number of ether oxygens (including phenoxy) is 1. The predicted octanol–water partition coefficient (Wildman–Crippen LogP) is 2.92. The van der Waals surface area contributed by atoms with Crippen LogP contribution in [-0.2, 0) is 4.79 Å². The summed E-state index contributed by atoms with van der Waals surface area (Å²) in [6.07, 6.45) is 1.50. The minimum absolute atomic E-state index is 0.0142. The molecule has 0 radical (unpaired) electrons. The van der Waals surface area contributed by atoms with Crippen LogP contribution >= 0.6 is 0 Å². The van der Waals surface area contributed by atoms with E-state index in [1.165, 1.54) is 19.3 Å². The summed E-state index contributed by atoms with van der Waals surface area (Å²) in [5.41, 5.74) is 0.104. The number of carbonyl (C=O) groups is 1. The lowest BCUT2D eigenvalue weighted by Gasteiger charge is -2.15. The van der Waals surface area contributed by atoms with Crippen LogP contribution in [0.5, 0.6) is 11.5 Å². The second kappa shape index (κ2) is 5.57. The molecule has 0 spiro atoms. The number of phenolic OH excluding ortho intramolecular Hbond substituents is 1.